The van der Waals surface area contributed by atoms with E-state index in [9.17, 15) is 5.11 Å². The van der Waals surface area contributed by atoms with Gasteiger partial charge < -0.3 is 5.11 Å². The number of fused-ring (bicyclic) bond motifs is 5. The Bertz CT molecular complexity index is 201. The summed E-state index contributed by atoms with van der Waals surface area (Å²) in [7, 11) is 0. The maximum absolute atomic E-state index is 9.75. The van der Waals surface area contributed by atoms with E-state index in [1.807, 2.05) is 0 Å². The second kappa shape index (κ2) is 2.25. The highest BCUT2D eigenvalue weighted by molar-refractivity contribution is 5.04. The van der Waals surface area contributed by atoms with Gasteiger partial charge in [0.2, 0.25) is 0 Å². The summed E-state index contributed by atoms with van der Waals surface area (Å²) in [5.74, 6) is 4.46. The SMILES string of the molecule is CC1CCC2C3CC(CC3O)C12. The van der Waals surface area contributed by atoms with Crippen LogP contribution in [0.2, 0.25) is 0 Å². The molecule has 0 amide bonds. The van der Waals surface area contributed by atoms with E-state index in [4.69, 9.17) is 0 Å². The van der Waals surface area contributed by atoms with E-state index < -0.39 is 0 Å². The van der Waals surface area contributed by atoms with Crippen LogP contribution in [0.3, 0.4) is 0 Å². The van der Waals surface area contributed by atoms with E-state index in [2.05, 4.69) is 6.92 Å². The van der Waals surface area contributed by atoms with Gasteiger partial charge in [-0.05, 0) is 48.9 Å². The molecule has 0 aromatic rings. The summed E-state index contributed by atoms with van der Waals surface area (Å²) >= 11 is 0. The maximum atomic E-state index is 9.75. The molecule has 3 aliphatic carbocycles. The van der Waals surface area contributed by atoms with Crippen LogP contribution in [-0.2, 0) is 0 Å². The fraction of sp³-hybridized carbons (Fsp3) is 1.00. The molecule has 3 saturated carbocycles. The zero-order valence-electron chi connectivity index (χ0n) is 7.74. The molecule has 0 spiro atoms. The minimum absolute atomic E-state index is 0.0709. The molecular weight excluding hydrogens is 148 g/mol. The number of hydrogen-bond acceptors (Lipinski definition) is 1. The second-order valence-electron chi connectivity index (χ2n) is 5.26. The first-order valence-corrected chi connectivity index (χ1v) is 5.45. The van der Waals surface area contributed by atoms with Gasteiger partial charge in [0.1, 0.15) is 0 Å². The zero-order valence-corrected chi connectivity index (χ0v) is 7.74. The Morgan fingerprint density at radius 2 is 1.92 bits per heavy atom. The average Bonchev–Trinajstić information content (AvgIpc) is 2.62. The van der Waals surface area contributed by atoms with Crippen LogP contribution in [0.15, 0.2) is 0 Å². The minimum atomic E-state index is 0.0709. The van der Waals surface area contributed by atoms with Crippen molar-refractivity contribution in [1.29, 1.82) is 0 Å². The van der Waals surface area contributed by atoms with Crippen molar-refractivity contribution < 1.29 is 5.11 Å². The average molecular weight is 166 g/mol. The summed E-state index contributed by atoms with van der Waals surface area (Å²) in [6.45, 7) is 2.41. The van der Waals surface area contributed by atoms with Crippen LogP contribution in [0.1, 0.15) is 32.6 Å². The van der Waals surface area contributed by atoms with Crippen LogP contribution in [0.5, 0.6) is 0 Å². The number of hydrogen-bond donors (Lipinski definition) is 1. The summed E-state index contributed by atoms with van der Waals surface area (Å²) in [6.07, 6.45) is 5.37. The predicted molar refractivity (Wildman–Crippen MR) is 47.6 cm³/mol. The molecule has 3 fully saturated rings. The van der Waals surface area contributed by atoms with E-state index >= 15 is 0 Å². The Kier molecular flexibility index (Phi) is 1.39. The summed E-state index contributed by atoms with van der Waals surface area (Å²) in [5.41, 5.74) is 0. The molecule has 1 nitrogen and oxygen atoms in total. The van der Waals surface area contributed by atoms with E-state index in [-0.39, 0.29) is 6.10 Å². The lowest BCUT2D eigenvalue weighted by Crippen LogP contribution is -2.29. The first-order chi connectivity index (χ1) is 5.77. The molecule has 0 aromatic carbocycles. The van der Waals surface area contributed by atoms with Gasteiger partial charge in [0, 0.05) is 0 Å². The molecule has 6 atom stereocenters. The molecule has 1 heteroatoms. The van der Waals surface area contributed by atoms with Gasteiger partial charge in [-0.25, -0.2) is 0 Å². The van der Waals surface area contributed by atoms with Gasteiger partial charge in [0.15, 0.2) is 0 Å². The van der Waals surface area contributed by atoms with E-state index in [0.717, 1.165) is 30.1 Å². The second-order valence-corrected chi connectivity index (χ2v) is 5.26. The third-order valence-electron chi connectivity index (χ3n) is 4.81. The highest BCUT2D eigenvalue weighted by atomic mass is 16.3. The van der Waals surface area contributed by atoms with Gasteiger partial charge in [0.25, 0.3) is 0 Å². The predicted octanol–water partition coefficient (Wildman–Crippen LogP) is 2.05. The molecule has 0 radical (unpaired) electrons. The Labute approximate surface area is 74.2 Å². The lowest BCUT2D eigenvalue weighted by atomic mass is 9.77. The Morgan fingerprint density at radius 1 is 1.08 bits per heavy atom. The Morgan fingerprint density at radius 3 is 2.75 bits per heavy atom. The lowest BCUT2D eigenvalue weighted by molar-refractivity contribution is 0.0572. The van der Waals surface area contributed by atoms with Crippen molar-refractivity contribution in [3.05, 3.63) is 0 Å². The number of rotatable bonds is 0. The van der Waals surface area contributed by atoms with Crippen molar-refractivity contribution in [3.8, 4) is 0 Å². The summed E-state index contributed by atoms with van der Waals surface area (Å²) in [4.78, 5) is 0. The molecule has 3 rings (SSSR count). The topological polar surface area (TPSA) is 20.2 Å². The van der Waals surface area contributed by atoms with Crippen LogP contribution >= 0.6 is 0 Å². The van der Waals surface area contributed by atoms with E-state index in [1.165, 1.54) is 19.3 Å². The van der Waals surface area contributed by atoms with Crippen LogP contribution in [0, 0.1) is 29.6 Å². The quantitative estimate of drug-likeness (QED) is 0.584. The zero-order chi connectivity index (χ0) is 8.29. The smallest absolute Gasteiger partial charge is 0.0574 e. The van der Waals surface area contributed by atoms with Gasteiger partial charge >= 0.3 is 0 Å². The van der Waals surface area contributed by atoms with Gasteiger partial charge in [-0.3, -0.25) is 0 Å². The molecule has 1 N–H and O–H groups in total. The van der Waals surface area contributed by atoms with Crippen molar-refractivity contribution in [1.82, 2.24) is 0 Å². The van der Waals surface area contributed by atoms with E-state index in [0.29, 0.717) is 5.92 Å². The molecule has 12 heavy (non-hydrogen) atoms. The first-order valence-electron chi connectivity index (χ1n) is 5.45. The largest absolute Gasteiger partial charge is 0.393 e. The van der Waals surface area contributed by atoms with Crippen molar-refractivity contribution in [2.45, 2.75) is 38.7 Å². The number of aliphatic hydroxyl groups excluding tert-OH is 1. The van der Waals surface area contributed by atoms with E-state index in [1.54, 1.807) is 0 Å². The number of aliphatic hydroxyl groups is 1. The lowest BCUT2D eigenvalue weighted by Gasteiger charge is -2.30. The van der Waals surface area contributed by atoms with Gasteiger partial charge in [-0.1, -0.05) is 13.3 Å². The third kappa shape index (κ3) is 0.736. The van der Waals surface area contributed by atoms with Crippen molar-refractivity contribution >= 4 is 0 Å². The molecule has 6 unspecified atom stereocenters. The Balaban J connectivity index is 1.89. The van der Waals surface area contributed by atoms with Crippen molar-refractivity contribution in [2.24, 2.45) is 29.6 Å². The van der Waals surface area contributed by atoms with Crippen LogP contribution in [-0.4, -0.2) is 11.2 Å². The molecule has 0 aromatic heterocycles. The van der Waals surface area contributed by atoms with Crippen molar-refractivity contribution in [3.63, 3.8) is 0 Å². The highest BCUT2D eigenvalue weighted by Crippen LogP contribution is 2.60. The molecule has 0 aliphatic heterocycles. The maximum Gasteiger partial charge on any atom is 0.0574 e. The van der Waals surface area contributed by atoms with Gasteiger partial charge in [-0.15, -0.1) is 0 Å². The highest BCUT2D eigenvalue weighted by Gasteiger charge is 2.55. The minimum Gasteiger partial charge on any atom is -0.393 e. The van der Waals surface area contributed by atoms with Crippen LogP contribution in [0.4, 0.5) is 0 Å². The van der Waals surface area contributed by atoms with Gasteiger partial charge in [0.05, 0.1) is 6.10 Å². The summed E-state index contributed by atoms with van der Waals surface area (Å²) in [6, 6.07) is 0. The summed E-state index contributed by atoms with van der Waals surface area (Å²) < 4.78 is 0. The Hall–Kier alpha value is -0.0400. The third-order valence-corrected chi connectivity index (χ3v) is 4.81. The fourth-order valence-electron chi connectivity index (χ4n) is 4.44. The molecular formula is C11H18O. The van der Waals surface area contributed by atoms with Crippen molar-refractivity contribution in [2.75, 3.05) is 0 Å². The monoisotopic (exact) mass is 166 g/mol. The standard InChI is InChI=1S/C11H18O/c1-6-2-3-8-9-4-7(11(6)8)5-10(9)12/h6-12H,2-5H2,1H3. The normalized spacial score (nSPS) is 62.5. The van der Waals surface area contributed by atoms with Gasteiger partial charge in [-0.2, -0.15) is 0 Å². The first kappa shape index (κ1) is 7.37. The molecule has 0 saturated heterocycles. The molecule has 2 bridgehead atoms. The molecule has 68 valence electrons. The molecule has 3 aliphatic rings. The van der Waals surface area contributed by atoms with Crippen LogP contribution in [0.25, 0.3) is 0 Å². The fourth-order valence-corrected chi connectivity index (χ4v) is 4.44. The van der Waals surface area contributed by atoms with Crippen LogP contribution < -0.4 is 0 Å². The summed E-state index contributed by atoms with van der Waals surface area (Å²) in [5, 5.41) is 9.75. The molecule has 0 heterocycles.